The Morgan fingerprint density at radius 3 is 2.83 bits per heavy atom. The van der Waals surface area contributed by atoms with Crippen LogP contribution in [0.1, 0.15) is 44.1 Å². The van der Waals surface area contributed by atoms with Crippen LogP contribution in [-0.2, 0) is 11.3 Å². The summed E-state index contributed by atoms with van der Waals surface area (Å²) < 4.78 is 7.60. The highest BCUT2D eigenvalue weighted by Gasteiger charge is 2.08. The fourth-order valence-electron chi connectivity index (χ4n) is 2.32. The maximum absolute atomic E-state index is 5.27. The molecule has 0 atom stereocenters. The SMILES string of the molecule is CCOCCCNC(=S)N/N=C\c1cc(C)n(CC(C)C)c1C. The van der Waals surface area contributed by atoms with E-state index in [4.69, 9.17) is 17.0 Å². The van der Waals surface area contributed by atoms with E-state index < -0.39 is 0 Å². The van der Waals surface area contributed by atoms with E-state index in [1.54, 1.807) is 0 Å². The van der Waals surface area contributed by atoms with Crippen LogP contribution in [0.5, 0.6) is 0 Å². The number of hydrogen-bond donors (Lipinski definition) is 2. The summed E-state index contributed by atoms with van der Waals surface area (Å²) in [7, 11) is 0. The molecule has 0 amide bonds. The largest absolute Gasteiger partial charge is 0.382 e. The summed E-state index contributed by atoms with van der Waals surface area (Å²) in [6.07, 6.45) is 2.75. The van der Waals surface area contributed by atoms with Crippen molar-refractivity contribution in [2.24, 2.45) is 11.0 Å². The van der Waals surface area contributed by atoms with E-state index in [0.717, 1.165) is 38.3 Å². The Balaban J connectivity index is 2.44. The number of rotatable bonds is 9. The van der Waals surface area contributed by atoms with Gasteiger partial charge in [0.25, 0.3) is 0 Å². The number of aryl methyl sites for hydroxylation is 1. The lowest BCUT2D eigenvalue weighted by atomic mass is 10.2. The van der Waals surface area contributed by atoms with E-state index in [0.29, 0.717) is 11.0 Å². The molecule has 0 saturated carbocycles. The minimum absolute atomic E-state index is 0.536. The monoisotopic (exact) mass is 338 g/mol. The summed E-state index contributed by atoms with van der Waals surface area (Å²) in [5.41, 5.74) is 6.47. The molecule has 0 unspecified atom stereocenters. The van der Waals surface area contributed by atoms with Gasteiger partial charge < -0.3 is 14.6 Å². The molecule has 1 heterocycles. The molecule has 0 aliphatic heterocycles. The van der Waals surface area contributed by atoms with Crippen LogP contribution >= 0.6 is 12.2 Å². The van der Waals surface area contributed by atoms with Gasteiger partial charge in [-0.1, -0.05) is 13.8 Å². The van der Waals surface area contributed by atoms with Crippen molar-refractivity contribution in [3.05, 3.63) is 23.0 Å². The minimum atomic E-state index is 0.536. The number of hydrogen-bond acceptors (Lipinski definition) is 3. The third-order valence-electron chi connectivity index (χ3n) is 3.49. The topological polar surface area (TPSA) is 50.6 Å². The van der Waals surface area contributed by atoms with Gasteiger partial charge in [-0.05, 0) is 51.4 Å². The quantitative estimate of drug-likeness (QED) is 0.315. The van der Waals surface area contributed by atoms with Gasteiger partial charge in [0.2, 0.25) is 0 Å². The molecular formula is C17H30N4OS. The maximum atomic E-state index is 5.27. The van der Waals surface area contributed by atoms with E-state index in [2.05, 4.69) is 54.2 Å². The Hall–Kier alpha value is -1.40. The highest BCUT2D eigenvalue weighted by molar-refractivity contribution is 7.80. The lowest BCUT2D eigenvalue weighted by Gasteiger charge is -2.11. The van der Waals surface area contributed by atoms with E-state index in [9.17, 15) is 0 Å². The Morgan fingerprint density at radius 1 is 1.43 bits per heavy atom. The Morgan fingerprint density at radius 2 is 2.17 bits per heavy atom. The Kier molecular flexibility index (Phi) is 8.87. The fourth-order valence-corrected chi connectivity index (χ4v) is 2.48. The van der Waals surface area contributed by atoms with Crippen LogP contribution in [0.4, 0.5) is 0 Å². The summed E-state index contributed by atoms with van der Waals surface area (Å²) in [6, 6.07) is 2.15. The number of aromatic nitrogens is 1. The van der Waals surface area contributed by atoms with Crippen LogP contribution in [-0.4, -0.2) is 35.7 Å². The normalized spacial score (nSPS) is 11.4. The smallest absolute Gasteiger partial charge is 0.186 e. The highest BCUT2D eigenvalue weighted by atomic mass is 32.1. The average Bonchev–Trinajstić information content (AvgIpc) is 2.74. The number of ether oxygens (including phenoxy) is 1. The molecule has 130 valence electrons. The van der Waals surface area contributed by atoms with E-state index >= 15 is 0 Å². The molecule has 0 fully saturated rings. The van der Waals surface area contributed by atoms with E-state index in [-0.39, 0.29) is 0 Å². The third-order valence-corrected chi connectivity index (χ3v) is 3.72. The van der Waals surface area contributed by atoms with Gasteiger partial charge in [0, 0.05) is 43.3 Å². The molecule has 5 nitrogen and oxygen atoms in total. The predicted octanol–water partition coefficient (Wildman–Crippen LogP) is 2.99. The second-order valence-corrected chi connectivity index (χ2v) is 6.42. The van der Waals surface area contributed by atoms with Gasteiger partial charge in [0.15, 0.2) is 5.11 Å². The first-order valence-electron chi connectivity index (χ1n) is 8.27. The summed E-state index contributed by atoms with van der Waals surface area (Å²) >= 11 is 5.19. The third kappa shape index (κ3) is 7.14. The first-order valence-corrected chi connectivity index (χ1v) is 8.67. The molecule has 0 spiro atoms. The predicted molar refractivity (Wildman–Crippen MR) is 101 cm³/mol. The second kappa shape index (κ2) is 10.4. The molecule has 1 aromatic rings. The molecule has 1 aromatic heterocycles. The van der Waals surface area contributed by atoms with Crippen LogP contribution in [0.15, 0.2) is 11.2 Å². The molecule has 0 aliphatic rings. The van der Waals surface area contributed by atoms with Crippen molar-refractivity contribution in [2.45, 2.75) is 47.6 Å². The maximum Gasteiger partial charge on any atom is 0.186 e. The van der Waals surface area contributed by atoms with Crippen molar-refractivity contribution >= 4 is 23.5 Å². The zero-order chi connectivity index (χ0) is 17.2. The molecular weight excluding hydrogens is 308 g/mol. The first-order chi connectivity index (χ1) is 11.0. The highest BCUT2D eigenvalue weighted by Crippen LogP contribution is 2.15. The number of hydrazone groups is 1. The lowest BCUT2D eigenvalue weighted by Crippen LogP contribution is -2.33. The Bertz CT molecular complexity index is 523. The van der Waals surface area contributed by atoms with Crippen LogP contribution < -0.4 is 10.7 Å². The number of nitrogens with zero attached hydrogens (tertiary/aromatic N) is 2. The lowest BCUT2D eigenvalue weighted by molar-refractivity contribution is 0.145. The Labute approximate surface area is 145 Å². The molecule has 0 radical (unpaired) electrons. The van der Waals surface area contributed by atoms with Gasteiger partial charge in [-0.15, -0.1) is 0 Å². The molecule has 1 rings (SSSR count). The van der Waals surface area contributed by atoms with Crippen LogP contribution in [0.2, 0.25) is 0 Å². The van der Waals surface area contributed by atoms with Crippen molar-refractivity contribution < 1.29 is 4.74 Å². The zero-order valence-corrected chi connectivity index (χ0v) is 15.8. The van der Waals surface area contributed by atoms with Crippen LogP contribution in [0.25, 0.3) is 0 Å². The molecule has 0 aromatic carbocycles. The minimum Gasteiger partial charge on any atom is -0.382 e. The van der Waals surface area contributed by atoms with Gasteiger partial charge in [-0.3, -0.25) is 5.43 Å². The summed E-state index contributed by atoms with van der Waals surface area (Å²) in [6.45, 7) is 14.0. The zero-order valence-electron chi connectivity index (χ0n) is 15.0. The molecule has 6 heteroatoms. The van der Waals surface area contributed by atoms with Crippen LogP contribution in [0, 0.1) is 19.8 Å². The van der Waals surface area contributed by atoms with Crippen molar-refractivity contribution in [2.75, 3.05) is 19.8 Å². The number of nitrogens with one attached hydrogen (secondary N) is 2. The van der Waals surface area contributed by atoms with Crippen molar-refractivity contribution in [3.63, 3.8) is 0 Å². The van der Waals surface area contributed by atoms with Gasteiger partial charge in [-0.2, -0.15) is 5.10 Å². The molecule has 23 heavy (non-hydrogen) atoms. The average molecular weight is 339 g/mol. The van der Waals surface area contributed by atoms with E-state index in [1.807, 2.05) is 13.1 Å². The van der Waals surface area contributed by atoms with Gasteiger partial charge in [0.05, 0.1) is 6.21 Å². The van der Waals surface area contributed by atoms with Crippen LogP contribution in [0.3, 0.4) is 0 Å². The van der Waals surface area contributed by atoms with Gasteiger partial charge >= 0.3 is 0 Å². The van der Waals surface area contributed by atoms with Gasteiger partial charge in [0.1, 0.15) is 0 Å². The van der Waals surface area contributed by atoms with Crippen molar-refractivity contribution in [1.82, 2.24) is 15.3 Å². The summed E-state index contributed by atoms with van der Waals surface area (Å²) in [4.78, 5) is 0. The standard InChI is InChI=1S/C17H30N4OS/c1-6-22-9-7-8-18-17(23)20-19-11-16-10-14(4)21(15(16)5)12-13(2)3/h10-11,13H,6-9,12H2,1-5H3,(H2,18,20,23)/b19-11-. The second-order valence-electron chi connectivity index (χ2n) is 6.01. The number of thiocarbonyl (C=S) groups is 1. The van der Waals surface area contributed by atoms with Crippen molar-refractivity contribution in [1.29, 1.82) is 0 Å². The molecule has 0 aliphatic carbocycles. The fraction of sp³-hybridized carbons (Fsp3) is 0.647. The molecule has 2 N–H and O–H groups in total. The molecule has 0 bridgehead atoms. The van der Waals surface area contributed by atoms with Crippen molar-refractivity contribution in [3.8, 4) is 0 Å². The summed E-state index contributed by atoms with van der Waals surface area (Å²) in [5.74, 6) is 0.621. The first kappa shape index (κ1) is 19.6. The summed E-state index contributed by atoms with van der Waals surface area (Å²) in [5, 5.41) is 7.87. The van der Waals surface area contributed by atoms with E-state index in [1.165, 1.54) is 11.4 Å². The van der Waals surface area contributed by atoms with Gasteiger partial charge in [-0.25, -0.2) is 0 Å². The molecule has 0 saturated heterocycles.